The van der Waals surface area contributed by atoms with E-state index in [1.54, 1.807) is 25.1 Å². The van der Waals surface area contributed by atoms with E-state index in [1.165, 1.54) is 20.2 Å². The molecule has 3 rings (SSSR count). The molecule has 9 heteroatoms. The standard InChI is InChI=1S/C20H20N4O5/c1-11-6-5-7-13(8-11)22-15(25)10-24-18(26)16-14(19(27)29-4)9-12(2)21-17(16)23(3)20(24)28/h5-9H,10H2,1-4H3,(H,22,25). The lowest BCUT2D eigenvalue weighted by molar-refractivity contribution is -0.116. The normalized spacial score (nSPS) is 10.8. The van der Waals surface area contributed by atoms with E-state index >= 15 is 0 Å². The molecule has 150 valence electrons. The quantitative estimate of drug-likeness (QED) is 0.662. The van der Waals surface area contributed by atoms with Crippen LogP contribution in [0.2, 0.25) is 0 Å². The van der Waals surface area contributed by atoms with Gasteiger partial charge in [-0.1, -0.05) is 12.1 Å². The Labute approximate surface area is 165 Å². The van der Waals surface area contributed by atoms with Crippen molar-refractivity contribution in [1.82, 2.24) is 14.1 Å². The lowest BCUT2D eigenvalue weighted by atomic mass is 10.1. The predicted octanol–water partition coefficient (Wildman–Crippen LogP) is 1.14. The fourth-order valence-corrected chi connectivity index (χ4v) is 3.08. The number of benzene rings is 1. The van der Waals surface area contributed by atoms with Crippen molar-refractivity contribution in [1.29, 1.82) is 0 Å². The van der Waals surface area contributed by atoms with Crippen LogP contribution in [-0.2, 0) is 23.1 Å². The molecule has 1 N–H and O–H groups in total. The number of carbonyl (C=O) groups is 2. The van der Waals surface area contributed by atoms with Crippen LogP contribution in [0, 0.1) is 13.8 Å². The highest BCUT2D eigenvalue weighted by molar-refractivity contribution is 6.02. The average molecular weight is 396 g/mol. The maximum absolute atomic E-state index is 13.0. The molecule has 29 heavy (non-hydrogen) atoms. The highest BCUT2D eigenvalue weighted by Gasteiger charge is 2.21. The predicted molar refractivity (Wildman–Crippen MR) is 107 cm³/mol. The molecule has 1 amide bonds. The van der Waals surface area contributed by atoms with Gasteiger partial charge in [-0.2, -0.15) is 0 Å². The summed E-state index contributed by atoms with van der Waals surface area (Å²) in [4.78, 5) is 54.5. The van der Waals surface area contributed by atoms with Crippen molar-refractivity contribution < 1.29 is 14.3 Å². The van der Waals surface area contributed by atoms with Crippen LogP contribution < -0.4 is 16.6 Å². The lowest BCUT2D eigenvalue weighted by Crippen LogP contribution is -2.42. The number of pyridine rings is 1. The van der Waals surface area contributed by atoms with Crippen molar-refractivity contribution in [3.05, 3.63) is 68.0 Å². The van der Waals surface area contributed by atoms with Crippen LogP contribution in [0.15, 0.2) is 39.9 Å². The second-order valence-corrected chi connectivity index (χ2v) is 6.65. The first-order chi connectivity index (χ1) is 13.7. The van der Waals surface area contributed by atoms with E-state index in [0.29, 0.717) is 11.4 Å². The average Bonchev–Trinajstić information content (AvgIpc) is 2.68. The van der Waals surface area contributed by atoms with Crippen LogP contribution in [0.3, 0.4) is 0 Å². The SMILES string of the molecule is COC(=O)c1cc(C)nc2c1c(=O)n(CC(=O)Nc1cccc(C)c1)c(=O)n2C. The Morgan fingerprint density at radius 2 is 1.90 bits per heavy atom. The summed E-state index contributed by atoms with van der Waals surface area (Å²) in [6.45, 7) is 3.00. The zero-order valence-corrected chi connectivity index (χ0v) is 16.5. The van der Waals surface area contributed by atoms with Gasteiger partial charge in [0.2, 0.25) is 5.91 Å². The van der Waals surface area contributed by atoms with Gasteiger partial charge in [0.25, 0.3) is 5.56 Å². The molecule has 0 bridgehead atoms. The van der Waals surface area contributed by atoms with Gasteiger partial charge >= 0.3 is 11.7 Å². The number of rotatable bonds is 4. The fourth-order valence-electron chi connectivity index (χ4n) is 3.08. The molecular formula is C20H20N4O5. The summed E-state index contributed by atoms with van der Waals surface area (Å²) < 4.78 is 6.66. The van der Waals surface area contributed by atoms with Crippen LogP contribution in [0.1, 0.15) is 21.6 Å². The van der Waals surface area contributed by atoms with E-state index < -0.39 is 29.7 Å². The van der Waals surface area contributed by atoms with Crippen molar-refractivity contribution in [2.75, 3.05) is 12.4 Å². The Kier molecular flexibility index (Phi) is 5.31. The maximum atomic E-state index is 13.0. The Morgan fingerprint density at radius 1 is 1.17 bits per heavy atom. The minimum atomic E-state index is -0.782. The number of amides is 1. The first kappa shape index (κ1) is 20.0. The van der Waals surface area contributed by atoms with Gasteiger partial charge in [0.15, 0.2) is 0 Å². The van der Waals surface area contributed by atoms with Gasteiger partial charge in [0.1, 0.15) is 12.2 Å². The summed E-state index contributed by atoms with van der Waals surface area (Å²) in [5.41, 5.74) is 0.492. The Hall–Kier alpha value is -3.75. The number of anilines is 1. The molecule has 0 saturated heterocycles. The van der Waals surface area contributed by atoms with E-state index in [4.69, 9.17) is 4.74 Å². The minimum absolute atomic E-state index is 0.0107. The number of carbonyl (C=O) groups excluding carboxylic acids is 2. The zero-order valence-electron chi connectivity index (χ0n) is 16.5. The Bertz CT molecular complexity index is 1260. The number of nitrogens with one attached hydrogen (secondary N) is 1. The second kappa shape index (κ2) is 7.70. The second-order valence-electron chi connectivity index (χ2n) is 6.65. The molecule has 3 aromatic rings. The molecule has 9 nitrogen and oxygen atoms in total. The summed E-state index contributed by atoms with van der Waals surface area (Å²) in [6.07, 6.45) is 0. The number of ether oxygens (including phenoxy) is 1. The number of aryl methyl sites for hydroxylation is 3. The van der Waals surface area contributed by atoms with Gasteiger partial charge in [0, 0.05) is 18.4 Å². The number of aromatic nitrogens is 3. The Morgan fingerprint density at radius 3 is 2.55 bits per heavy atom. The smallest absolute Gasteiger partial charge is 0.338 e. The minimum Gasteiger partial charge on any atom is -0.465 e. The zero-order chi connectivity index (χ0) is 21.3. The molecular weight excluding hydrogens is 376 g/mol. The van der Waals surface area contributed by atoms with Gasteiger partial charge in [-0.05, 0) is 37.6 Å². The lowest BCUT2D eigenvalue weighted by Gasteiger charge is -2.13. The van der Waals surface area contributed by atoms with Crippen molar-refractivity contribution in [2.24, 2.45) is 7.05 Å². The van der Waals surface area contributed by atoms with E-state index in [2.05, 4.69) is 10.3 Å². The monoisotopic (exact) mass is 396 g/mol. The Balaban J connectivity index is 2.12. The number of methoxy groups -OCH3 is 1. The first-order valence-electron chi connectivity index (χ1n) is 8.79. The van der Waals surface area contributed by atoms with Gasteiger partial charge in [-0.25, -0.2) is 14.6 Å². The number of fused-ring (bicyclic) bond motifs is 1. The number of nitrogens with zero attached hydrogens (tertiary/aromatic N) is 3. The molecule has 0 aliphatic rings. The molecule has 0 aliphatic heterocycles. The summed E-state index contributed by atoms with van der Waals surface area (Å²) in [7, 11) is 2.62. The van der Waals surface area contributed by atoms with E-state index in [0.717, 1.165) is 14.7 Å². The van der Waals surface area contributed by atoms with Crippen LogP contribution in [-0.4, -0.2) is 33.1 Å². The third-order valence-corrected chi connectivity index (χ3v) is 4.43. The molecule has 1 aromatic carbocycles. The summed E-state index contributed by atoms with van der Waals surface area (Å²) >= 11 is 0. The first-order valence-corrected chi connectivity index (χ1v) is 8.79. The van der Waals surface area contributed by atoms with Crippen LogP contribution in [0.4, 0.5) is 5.69 Å². The van der Waals surface area contributed by atoms with Crippen LogP contribution in [0.25, 0.3) is 11.0 Å². The summed E-state index contributed by atoms with van der Waals surface area (Å²) in [5.74, 6) is -1.28. The van der Waals surface area contributed by atoms with Gasteiger partial charge in [0.05, 0.1) is 18.1 Å². The van der Waals surface area contributed by atoms with Crippen molar-refractivity contribution >= 4 is 28.6 Å². The number of esters is 1. The molecule has 2 heterocycles. The number of hydrogen-bond donors (Lipinski definition) is 1. The highest BCUT2D eigenvalue weighted by atomic mass is 16.5. The number of hydrogen-bond acceptors (Lipinski definition) is 6. The van der Waals surface area contributed by atoms with Crippen LogP contribution in [0.5, 0.6) is 0 Å². The topological polar surface area (TPSA) is 112 Å². The largest absolute Gasteiger partial charge is 0.465 e. The molecule has 0 fully saturated rings. The summed E-state index contributed by atoms with van der Waals surface area (Å²) in [5, 5.41) is 2.58. The van der Waals surface area contributed by atoms with Crippen molar-refractivity contribution in [3.8, 4) is 0 Å². The van der Waals surface area contributed by atoms with E-state index in [-0.39, 0.29) is 16.6 Å². The molecule has 0 spiro atoms. The van der Waals surface area contributed by atoms with Crippen molar-refractivity contribution in [2.45, 2.75) is 20.4 Å². The van der Waals surface area contributed by atoms with E-state index in [9.17, 15) is 19.2 Å². The van der Waals surface area contributed by atoms with Gasteiger partial charge < -0.3 is 10.1 Å². The van der Waals surface area contributed by atoms with Crippen molar-refractivity contribution in [3.63, 3.8) is 0 Å². The fraction of sp³-hybridized carbons (Fsp3) is 0.250. The van der Waals surface area contributed by atoms with Gasteiger partial charge in [-0.15, -0.1) is 0 Å². The van der Waals surface area contributed by atoms with Crippen LogP contribution >= 0.6 is 0 Å². The third-order valence-electron chi connectivity index (χ3n) is 4.43. The molecule has 2 aromatic heterocycles. The molecule has 0 aliphatic carbocycles. The molecule has 0 atom stereocenters. The molecule has 0 radical (unpaired) electrons. The third kappa shape index (κ3) is 3.79. The molecule has 0 unspecified atom stereocenters. The van der Waals surface area contributed by atoms with Gasteiger partial charge in [-0.3, -0.25) is 18.7 Å². The highest BCUT2D eigenvalue weighted by Crippen LogP contribution is 2.15. The summed E-state index contributed by atoms with van der Waals surface area (Å²) in [6, 6.07) is 8.54. The van der Waals surface area contributed by atoms with E-state index in [1.807, 2.05) is 13.0 Å². The maximum Gasteiger partial charge on any atom is 0.338 e. The molecule has 0 saturated carbocycles.